The van der Waals surface area contributed by atoms with E-state index in [2.05, 4.69) is 27.1 Å². The third-order valence-electron chi connectivity index (χ3n) is 6.48. The lowest BCUT2D eigenvalue weighted by Gasteiger charge is -2.35. The van der Waals surface area contributed by atoms with Crippen molar-refractivity contribution in [2.75, 3.05) is 30.0 Å². The zero-order chi connectivity index (χ0) is 22.9. The van der Waals surface area contributed by atoms with Gasteiger partial charge in [-0.15, -0.1) is 0 Å². The normalized spacial score (nSPS) is 23.9. The molecule has 8 nitrogen and oxygen atoms in total. The molecule has 1 atom stereocenters. The summed E-state index contributed by atoms with van der Waals surface area (Å²) in [4.78, 5) is 15.8. The first-order valence-corrected chi connectivity index (χ1v) is 11.5. The maximum Gasteiger partial charge on any atom is 0.296 e. The smallest absolute Gasteiger partial charge is 0.296 e. The monoisotopic (exact) mass is 457 g/mol. The van der Waals surface area contributed by atoms with Gasteiger partial charge in [0.1, 0.15) is 11.6 Å². The number of morpholine rings is 1. The van der Waals surface area contributed by atoms with Crippen molar-refractivity contribution in [3.63, 3.8) is 0 Å². The molecule has 0 amide bonds. The minimum Gasteiger partial charge on any atom is -0.377 e. The van der Waals surface area contributed by atoms with Gasteiger partial charge in [-0.25, -0.2) is 13.8 Å². The van der Waals surface area contributed by atoms with Gasteiger partial charge in [0.2, 0.25) is 5.95 Å². The molecule has 5 rings (SSSR count). The summed E-state index contributed by atoms with van der Waals surface area (Å²) in [5.74, 6) is 1.16. The van der Waals surface area contributed by atoms with Crippen LogP contribution in [0.5, 0.6) is 0 Å². The number of imidazole rings is 1. The third-order valence-corrected chi connectivity index (χ3v) is 6.48. The number of anilines is 2. The number of nitrogens with two attached hydrogens (primary N) is 1. The molecule has 1 aromatic carbocycles. The highest BCUT2D eigenvalue weighted by Gasteiger charge is 2.26. The standard InChI is InChI=1S/C23H29F2N7O/c1-14-13-33-11-10-31(14)19-12-20(30-23(29-19)27-16-8-6-15(26)7-9-16)32-18-5-3-2-4-17(18)28-22(32)21(24)25/h2-5,12,14-16,21H,6-11,13,26H2,1H3,(H,27,29,30)/t14-,15?,16?/m0/s1. The Morgan fingerprint density at radius 3 is 2.61 bits per heavy atom. The van der Waals surface area contributed by atoms with Crippen LogP contribution in [0.1, 0.15) is 44.9 Å². The average Bonchev–Trinajstić information content (AvgIpc) is 3.21. The fourth-order valence-electron chi connectivity index (χ4n) is 4.69. The van der Waals surface area contributed by atoms with E-state index in [1.165, 1.54) is 4.57 Å². The topological polar surface area (TPSA) is 94.1 Å². The fourth-order valence-corrected chi connectivity index (χ4v) is 4.69. The second kappa shape index (κ2) is 9.18. The summed E-state index contributed by atoms with van der Waals surface area (Å²) in [5, 5.41) is 3.44. The van der Waals surface area contributed by atoms with Crippen molar-refractivity contribution in [2.45, 2.75) is 57.2 Å². The molecule has 1 saturated carbocycles. The number of hydrogen-bond donors (Lipinski definition) is 2. The van der Waals surface area contributed by atoms with Crippen molar-refractivity contribution in [1.29, 1.82) is 0 Å². The van der Waals surface area contributed by atoms with E-state index in [9.17, 15) is 8.78 Å². The maximum absolute atomic E-state index is 14.0. The molecule has 1 aliphatic carbocycles. The number of halogens is 2. The van der Waals surface area contributed by atoms with E-state index in [1.54, 1.807) is 24.3 Å². The van der Waals surface area contributed by atoms with Crippen LogP contribution in [0.25, 0.3) is 16.9 Å². The Hall–Kier alpha value is -2.85. The molecule has 0 radical (unpaired) electrons. The average molecular weight is 458 g/mol. The molecule has 1 saturated heterocycles. The van der Waals surface area contributed by atoms with Gasteiger partial charge in [0.25, 0.3) is 6.43 Å². The molecule has 33 heavy (non-hydrogen) atoms. The van der Waals surface area contributed by atoms with E-state index in [0.29, 0.717) is 48.4 Å². The Balaban J connectivity index is 1.60. The summed E-state index contributed by atoms with van der Waals surface area (Å²) in [6.45, 7) is 3.90. The number of nitrogens with zero attached hydrogens (tertiary/aromatic N) is 5. The lowest BCUT2D eigenvalue weighted by Crippen LogP contribution is -2.44. The lowest BCUT2D eigenvalue weighted by atomic mass is 9.92. The molecular weight excluding hydrogens is 428 g/mol. The minimum absolute atomic E-state index is 0.108. The van der Waals surface area contributed by atoms with Crippen molar-refractivity contribution in [1.82, 2.24) is 19.5 Å². The number of hydrogen-bond acceptors (Lipinski definition) is 7. The highest BCUT2D eigenvalue weighted by atomic mass is 19.3. The van der Waals surface area contributed by atoms with Crippen LogP contribution < -0.4 is 16.0 Å². The largest absolute Gasteiger partial charge is 0.377 e. The highest BCUT2D eigenvalue weighted by molar-refractivity contribution is 5.78. The van der Waals surface area contributed by atoms with Gasteiger partial charge in [-0.3, -0.25) is 4.57 Å². The quantitative estimate of drug-likeness (QED) is 0.604. The van der Waals surface area contributed by atoms with Crippen LogP contribution in [-0.2, 0) is 4.74 Å². The van der Waals surface area contributed by atoms with E-state index in [0.717, 1.165) is 25.7 Å². The molecular formula is C23H29F2N7O. The Morgan fingerprint density at radius 1 is 1.09 bits per heavy atom. The van der Waals surface area contributed by atoms with Gasteiger partial charge < -0.3 is 20.7 Å². The molecule has 0 spiro atoms. The Kier molecular flexibility index (Phi) is 6.11. The molecule has 10 heteroatoms. The van der Waals surface area contributed by atoms with Gasteiger partial charge in [0.15, 0.2) is 5.82 Å². The van der Waals surface area contributed by atoms with Gasteiger partial charge in [-0.05, 0) is 44.7 Å². The van der Waals surface area contributed by atoms with E-state index < -0.39 is 6.43 Å². The fraction of sp³-hybridized carbons (Fsp3) is 0.522. The molecule has 0 unspecified atom stereocenters. The lowest BCUT2D eigenvalue weighted by molar-refractivity contribution is 0.0985. The Labute approximate surface area is 191 Å². The number of fused-ring (bicyclic) bond motifs is 1. The molecule has 1 aliphatic heterocycles. The zero-order valence-corrected chi connectivity index (χ0v) is 18.6. The molecule has 2 aromatic heterocycles. The van der Waals surface area contributed by atoms with Crippen LogP contribution in [0.4, 0.5) is 20.5 Å². The van der Waals surface area contributed by atoms with Gasteiger partial charge in [0.05, 0.1) is 30.3 Å². The predicted octanol–water partition coefficient (Wildman–Crippen LogP) is 3.66. The van der Waals surface area contributed by atoms with Crippen LogP contribution >= 0.6 is 0 Å². The number of nitrogens with one attached hydrogen (secondary N) is 1. The molecule has 2 fully saturated rings. The number of aromatic nitrogens is 4. The SMILES string of the molecule is C[C@H]1COCCN1c1cc(-n2c(C(F)F)nc3ccccc32)nc(NC2CCC(N)CC2)n1. The number of ether oxygens (including phenoxy) is 1. The number of benzene rings is 1. The first-order chi connectivity index (χ1) is 16.0. The summed E-state index contributed by atoms with van der Waals surface area (Å²) in [7, 11) is 0. The first-order valence-electron chi connectivity index (χ1n) is 11.5. The van der Waals surface area contributed by atoms with Crippen LogP contribution in [0.3, 0.4) is 0 Å². The summed E-state index contributed by atoms with van der Waals surface area (Å²) >= 11 is 0. The number of rotatable bonds is 5. The molecule has 3 heterocycles. The molecule has 0 bridgehead atoms. The van der Waals surface area contributed by atoms with Crippen molar-refractivity contribution in [3.05, 3.63) is 36.2 Å². The number of para-hydroxylation sites is 2. The second-order valence-corrected chi connectivity index (χ2v) is 8.88. The number of alkyl halides is 2. The zero-order valence-electron chi connectivity index (χ0n) is 18.6. The molecule has 2 aliphatic rings. The van der Waals surface area contributed by atoms with Crippen molar-refractivity contribution >= 4 is 22.8 Å². The van der Waals surface area contributed by atoms with E-state index in [4.69, 9.17) is 15.5 Å². The van der Waals surface area contributed by atoms with Crippen LogP contribution in [0.15, 0.2) is 30.3 Å². The van der Waals surface area contributed by atoms with Crippen molar-refractivity contribution in [3.8, 4) is 5.82 Å². The molecule has 3 aromatic rings. The van der Waals surface area contributed by atoms with E-state index in [-0.39, 0.29) is 23.9 Å². The third kappa shape index (κ3) is 4.49. The van der Waals surface area contributed by atoms with Gasteiger partial charge in [-0.1, -0.05) is 12.1 Å². The maximum atomic E-state index is 14.0. The van der Waals surface area contributed by atoms with Gasteiger partial charge in [-0.2, -0.15) is 9.97 Å². The van der Waals surface area contributed by atoms with Crippen molar-refractivity contribution in [2.24, 2.45) is 5.73 Å². The highest BCUT2D eigenvalue weighted by Crippen LogP contribution is 2.30. The van der Waals surface area contributed by atoms with Crippen LogP contribution in [0.2, 0.25) is 0 Å². The van der Waals surface area contributed by atoms with Gasteiger partial charge >= 0.3 is 0 Å². The molecule has 176 valence electrons. The molecule has 3 N–H and O–H groups in total. The van der Waals surface area contributed by atoms with E-state index >= 15 is 0 Å². The van der Waals surface area contributed by atoms with Crippen LogP contribution in [-0.4, -0.2) is 57.4 Å². The summed E-state index contributed by atoms with van der Waals surface area (Å²) in [6.07, 6.45) is 0.982. The summed E-state index contributed by atoms with van der Waals surface area (Å²) in [5.41, 5.74) is 7.14. The van der Waals surface area contributed by atoms with E-state index in [1.807, 2.05) is 6.07 Å². The Bertz CT molecular complexity index is 1110. The second-order valence-electron chi connectivity index (χ2n) is 8.88. The predicted molar refractivity (Wildman–Crippen MR) is 123 cm³/mol. The summed E-state index contributed by atoms with van der Waals surface area (Å²) in [6, 6.07) is 9.41. The van der Waals surface area contributed by atoms with Crippen molar-refractivity contribution < 1.29 is 13.5 Å². The van der Waals surface area contributed by atoms with Gasteiger partial charge in [0, 0.05) is 24.7 Å². The first kappa shape index (κ1) is 22.0. The Morgan fingerprint density at radius 2 is 1.85 bits per heavy atom. The summed E-state index contributed by atoms with van der Waals surface area (Å²) < 4.78 is 35.0. The minimum atomic E-state index is -2.74. The van der Waals surface area contributed by atoms with Crippen LogP contribution in [0, 0.1) is 0 Å².